The van der Waals surface area contributed by atoms with E-state index in [0.717, 1.165) is 8.61 Å². The van der Waals surface area contributed by atoms with Crippen molar-refractivity contribution in [3.63, 3.8) is 0 Å². The molecule has 6 heteroatoms. The number of hydrogen-bond acceptors (Lipinski definition) is 3. The van der Waals surface area contributed by atoms with E-state index in [9.17, 15) is 13.2 Å². The monoisotopic (exact) mass is 190 g/mol. The molecule has 12 heavy (non-hydrogen) atoms. The van der Waals surface area contributed by atoms with Gasteiger partial charge in [-0.15, -0.1) is 0 Å². The number of likely N-dealkylation sites (N-methyl/N-ethyl adjacent to an activating group) is 1. The molecule has 0 spiro atoms. The van der Waals surface area contributed by atoms with Gasteiger partial charge in [-0.3, -0.25) is 9.10 Å². The molecule has 0 unspecified atom stereocenters. The summed E-state index contributed by atoms with van der Waals surface area (Å²) in [7, 11) is -2.33. The van der Waals surface area contributed by atoms with Gasteiger partial charge in [0.15, 0.2) is 0 Å². The smallest absolute Gasteiger partial charge is 0.269 e. The molecule has 0 saturated carbocycles. The van der Waals surface area contributed by atoms with Gasteiger partial charge in [-0.05, 0) is 6.92 Å². The van der Waals surface area contributed by atoms with Gasteiger partial charge in [-0.2, -0.15) is 8.42 Å². The van der Waals surface area contributed by atoms with Crippen LogP contribution in [0.3, 0.4) is 0 Å². The fourth-order valence-electron chi connectivity index (χ4n) is 0.868. The van der Waals surface area contributed by atoms with Crippen LogP contribution in [0.4, 0.5) is 0 Å². The lowest BCUT2D eigenvalue weighted by atomic mass is 10.5. The van der Waals surface area contributed by atoms with Crippen LogP contribution in [0.15, 0.2) is 12.3 Å². The molecule has 0 atom stereocenters. The fourth-order valence-corrected chi connectivity index (χ4v) is 2.01. The number of rotatable bonds is 1. The van der Waals surface area contributed by atoms with Gasteiger partial charge in [0, 0.05) is 25.9 Å². The highest BCUT2D eigenvalue weighted by Crippen LogP contribution is 2.12. The summed E-state index contributed by atoms with van der Waals surface area (Å²) in [6.07, 6.45) is 2.50. The summed E-state index contributed by atoms with van der Waals surface area (Å²) in [6.45, 7) is 2.03. The first kappa shape index (κ1) is 9.05. The number of amides is 1. The Kier molecular flexibility index (Phi) is 2.10. The van der Waals surface area contributed by atoms with Crippen molar-refractivity contribution in [2.45, 2.75) is 6.92 Å². The minimum absolute atomic E-state index is 0.330. The van der Waals surface area contributed by atoms with Crippen LogP contribution in [-0.4, -0.2) is 36.5 Å². The van der Waals surface area contributed by atoms with Crippen LogP contribution >= 0.6 is 0 Å². The lowest BCUT2D eigenvalue weighted by molar-refractivity contribution is -0.121. The average Bonchev–Trinajstić information content (AvgIpc) is 2.01. The summed E-state index contributed by atoms with van der Waals surface area (Å²) in [5.41, 5.74) is 0. The van der Waals surface area contributed by atoms with Gasteiger partial charge in [0.1, 0.15) is 0 Å². The standard InChI is InChI=1S/C6H10N2O3S/c1-3-8-5-4-6(9)7(2)12(8,10)11/h4-5H,3H2,1-2H3. The molecule has 0 saturated heterocycles. The van der Waals surface area contributed by atoms with Crippen molar-refractivity contribution in [2.24, 2.45) is 0 Å². The molecule has 0 aromatic rings. The van der Waals surface area contributed by atoms with Gasteiger partial charge >= 0.3 is 10.2 Å². The summed E-state index contributed by atoms with van der Waals surface area (Å²) in [6, 6.07) is 0. The second kappa shape index (κ2) is 2.78. The normalized spacial score (nSPS) is 21.7. The second-order valence-corrected chi connectivity index (χ2v) is 4.24. The van der Waals surface area contributed by atoms with Gasteiger partial charge in [0.2, 0.25) is 0 Å². The number of nitrogens with zero attached hydrogens (tertiary/aromatic N) is 2. The van der Waals surface area contributed by atoms with Gasteiger partial charge in [0.25, 0.3) is 5.91 Å². The van der Waals surface area contributed by atoms with Crippen molar-refractivity contribution in [3.8, 4) is 0 Å². The van der Waals surface area contributed by atoms with Crippen molar-refractivity contribution in [2.75, 3.05) is 13.6 Å². The topological polar surface area (TPSA) is 57.7 Å². The van der Waals surface area contributed by atoms with Crippen molar-refractivity contribution in [3.05, 3.63) is 12.3 Å². The summed E-state index contributed by atoms with van der Waals surface area (Å²) >= 11 is 0. The lowest BCUT2D eigenvalue weighted by Crippen LogP contribution is -2.44. The van der Waals surface area contributed by atoms with E-state index in [0.29, 0.717) is 6.54 Å². The molecule has 0 N–H and O–H groups in total. The quantitative estimate of drug-likeness (QED) is 0.562. The highest BCUT2D eigenvalue weighted by molar-refractivity contribution is 7.87. The zero-order valence-electron chi connectivity index (χ0n) is 6.89. The Labute approximate surface area is 71.4 Å². The van der Waals surface area contributed by atoms with E-state index in [-0.39, 0.29) is 0 Å². The molecule has 0 aromatic carbocycles. The average molecular weight is 190 g/mol. The van der Waals surface area contributed by atoms with E-state index in [2.05, 4.69) is 0 Å². The van der Waals surface area contributed by atoms with E-state index in [1.165, 1.54) is 19.3 Å². The molecule has 1 rings (SSSR count). The van der Waals surface area contributed by atoms with Crippen molar-refractivity contribution >= 4 is 16.1 Å². The molecule has 0 aliphatic carbocycles. The lowest BCUT2D eigenvalue weighted by Gasteiger charge is -2.27. The number of carbonyl (C=O) groups excluding carboxylic acids is 1. The summed E-state index contributed by atoms with van der Waals surface area (Å²) in [4.78, 5) is 10.9. The Morgan fingerprint density at radius 1 is 1.50 bits per heavy atom. The number of hydrogen-bond donors (Lipinski definition) is 0. The van der Waals surface area contributed by atoms with Gasteiger partial charge < -0.3 is 0 Å². The van der Waals surface area contributed by atoms with Crippen LogP contribution in [0, 0.1) is 0 Å². The van der Waals surface area contributed by atoms with Crippen molar-refractivity contribution in [1.82, 2.24) is 8.61 Å². The minimum Gasteiger partial charge on any atom is -0.269 e. The maximum atomic E-state index is 11.3. The Morgan fingerprint density at radius 2 is 2.08 bits per heavy atom. The van der Waals surface area contributed by atoms with Crippen LogP contribution < -0.4 is 0 Å². The molecule has 0 radical (unpaired) electrons. The third-order valence-electron chi connectivity index (χ3n) is 1.65. The molecule has 0 aromatic heterocycles. The van der Waals surface area contributed by atoms with Gasteiger partial charge in [-0.25, -0.2) is 4.31 Å². The van der Waals surface area contributed by atoms with Crippen LogP contribution in [-0.2, 0) is 15.0 Å². The predicted octanol–water partition coefficient (Wildman–Crippen LogP) is -0.461. The SMILES string of the molecule is CCN1C=CC(=O)N(C)S1(=O)=O. The third-order valence-corrected chi connectivity index (χ3v) is 3.49. The highest BCUT2D eigenvalue weighted by Gasteiger charge is 2.29. The largest absolute Gasteiger partial charge is 0.328 e. The molecule has 1 aliphatic rings. The Morgan fingerprint density at radius 3 is 2.58 bits per heavy atom. The van der Waals surface area contributed by atoms with Gasteiger partial charge in [-0.1, -0.05) is 0 Å². The zero-order valence-corrected chi connectivity index (χ0v) is 7.71. The Balaban J connectivity index is 3.13. The first-order chi connectivity index (χ1) is 5.50. The summed E-state index contributed by atoms with van der Waals surface area (Å²) < 4.78 is 24.5. The third kappa shape index (κ3) is 1.18. The molecule has 1 amide bonds. The van der Waals surface area contributed by atoms with Crippen LogP contribution in [0.2, 0.25) is 0 Å². The molecular formula is C6H10N2O3S. The van der Waals surface area contributed by atoms with Gasteiger partial charge in [0.05, 0.1) is 0 Å². The van der Waals surface area contributed by atoms with E-state index >= 15 is 0 Å². The van der Waals surface area contributed by atoms with Crippen molar-refractivity contribution < 1.29 is 13.2 Å². The van der Waals surface area contributed by atoms with E-state index < -0.39 is 16.1 Å². The molecular weight excluding hydrogens is 180 g/mol. The van der Waals surface area contributed by atoms with Crippen LogP contribution in [0.25, 0.3) is 0 Å². The molecule has 68 valence electrons. The molecule has 1 aliphatic heterocycles. The first-order valence-corrected chi connectivity index (χ1v) is 4.87. The maximum Gasteiger partial charge on any atom is 0.328 e. The molecule has 0 fully saturated rings. The van der Waals surface area contributed by atoms with E-state index in [1.54, 1.807) is 6.92 Å². The summed E-state index contributed by atoms with van der Waals surface area (Å²) in [5, 5.41) is 0. The Hall–Kier alpha value is -1.04. The van der Waals surface area contributed by atoms with Crippen molar-refractivity contribution in [1.29, 1.82) is 0 Å². The van der Waals surface area contributed by atoms with E-state index in [4.69, 9.17) is 0 Å². The predicted molar refractivity (Wildman–Crippen MR) is 43.2 cm³/mol. The molecule has 1 heterocycles. The molecule has 5 nitrogen and oxygen atoms in total. The molecule has 0 bridgehead atoms. The highest BCUT2D eigenvalue weighted by atomic mass is 32.2. The fraction of sp³-hybridized carbons (Fsp3) is 0.500. The van der Waals surface area contributed by atoms with E-state index in [1.807, 2.05) is 0 Å². The zero-order chi connectivity index (χ0) is 9.35. The first-order valence-electron chi connectivity index (χ1n) is 3.48. The number of carbonyl (C=O) groups is 1. The maximum absolute atomic E-state index is 11.3. The van der Waals surface area contributed by atoms with Crippen LogP contribution in [0.1, 0.15) is 6.92 Å². The summed E-state index contributed by atoms with van der Waals surface area (Å²) in [5.74, 6) is -0.514. The van der Waals surface area contributed by atoms with Crippen LogP contribution in [0.5, 0.6) is 0 Å². The Bertz CT molecular complexity index is 320. The second-order valence-electron chi connectivity index (χ2n) is 2.33. The minimum atomic E-state index is -3.57.